The molecule has 2 bridgehead atoms. The molecule has 20 heavy (non-hydrogen) atoms. The number of nitrogens with one attached hydrogen (secondary N) is 2. The summed E-state index contributed by atoms with van der Waals surface area (Å²) in [5.74, 6) is 0.467. The number of carbonyl (C=O) groups excluding carboxylic acids is 2. The minimum atomic E-state index is -0.618. The molecule has 2 unspecified atom stereocenters. The molecule has 0 saturated heterocycles. The van der Waals surface area contributed by atoms with E-state index in [1.54, 1.807) is 7.05 Å². The maximum atomic E-state index is 11.8. The van der Waals surface area contributed by atoms with Gasteiger partial charge in [-0.1, -0.05) is 0 Å². The van der Waals surface area contributed by atoms with Crippen molar-refractivity contribution in [2.75, 3.05) is 13.7 Å². The number of hydrogen-bond donors (Lipinski definition) is 2. The highest BCUT2D eigenvalue weighted by Crippen LogP contribution is 2.54. The van der Waals surface area contributed by atoms with Crippen molar-refractivity contribution in [3.05, 3.63) is 0 Å². The van der Waals surface area contributed by atoms with Gasteiger partial charge in [0.1, 0.15) is 6.04 Å². The summed E-state index contributed by atoms with van der Waals surface area (Å²) < 4.78 is 5.96. The van der Waals surface area contributed by atoms with Crippen molar-refractivity contribution < 1.29 is 14.3 Å². The first-order chi connectivity index (χ1) is 9.46. The molecule has 114 valence electrons. The first-order valence-corrected chi connectivity index (χ1v) is 7.56. The number of ether oxygens (including phenoxy) is 1. The van der Waals surface area contributed by atoms with Crippen LogP contribution in [0.15, 0.2) is 0 Å². The summed E-state index contributed by atoms with van der Waals surface area (Å²) >= 11 is 0. The standard InChI is InChI=1S/C15H26N2O3/c1-10(13(14(19)16-3)17-11(2)18)20-9-15-6-4-12(8-15)5-7-15/h10,12-13H,4-9H2,1-3H3,(H,16,19)(H,17,18). The van der Waals surface area contributed by atoms with Crippen LogP contribution in [0.4, 0.5) is 0 Å². The van der Waals surface area contributed by atoms with E-state index in [0.717, 1.165) is 5.92 Å². The van der Waals surface area contributed by atoms with Gasteiger partial charge in [0.25, 0.3) is 0 Å². The molecule has 2 aliphatic rings. The van der Waals surface area contributed by atoms with Crippen LogP contribution in [0.25, 0.3) is 0 Å². The molecular weight excluding hydrogens is 256 g/mol. The number of fused-ring (bicyclic) bond motifs is 2. The van der Waals surface area contributed by atoms with Crippen LogP contribution in [0.1, 0.15) is 46.0 Å². The van der Waals surface area contributed by atoms with Crippen LogP contribution in [0.5, 0.6) is 0 Å². The highest BCUT2D eigenvalue weighted by molar-refractivity contribution is 5.87. The van der Waals surface area contributed by atoms with Gasteiger partial charge in [-0.3, -0.25) is 9.59 Å². The normalized spacial score (nSPS) is 30.9. The molecule has 2 aliphatic carbocycles. The molecule has 0 aromatic carbocycles. The molecule has 0 heterocycles. The molecular formula is C15H26N2O3. The third kappa shape index (κ3) is 3.32. The lowest BCUT2D eigenvalue weighted by Gasteiger charge is -2.30. The third-order valence-electron chi connectivity index (χ3n) is 4.90. The highest BCUT2D eigenvalue weighted by Gasteiger charge is 2.45. The minimum absolute atomic E-state index is 0.207. The largest absolute Gasteiger partial charge is 0.375 e. The molecule has 2 N–H and O–H groups in total. The van der Waals surface area contributed by atoms with Gasteiger partial charge in [-0.2, -0.15) is 0 Å². The van der Waals surface area contributed by atoms with Crippen molar-refractivity contribution in [1.82, 2.24) is 10.6 Å². The Hall–Kier alpha value is -1.10. The lowest BCUT2D eigenvalue weighted by molar-refractivity contribution is -0.132. The second kappa shape index (κ2) is 6.12. The van der Waals surface area contributed by atoms with Gasteiger partial charge >= 0.3 is 0 Å². The number of hydrogen-bond acceptors (Lipinski definition) is 3. The van der Waals surface area contributed by atoms with E-state index in [1.807, 2.05) is 6.92 Å². The van der Waals surface area contributed by atoms with E-state index in [0.29, 0.717) is 12.0 Å². The summed E-state index contributed by atoms with van der Waals surface area (Å²) in [6.07, 6.45) is 6.09. The van der Waals surface area contributed by atoms with Gasteiger partial charge < -0.3 is 15.4 Å². The number of carbonyl (C=O) groups is 2. The second-order valence-electron chi connectivity index (χ2n) is 6.46. The fraction of sp³-hybridized carbons (Fsp3) is 0.867. The van der Waals surface area contributed by atoms with E-state index in [2.05, 4.69) is 10.6 Å². The van der Waals surface area contributed by atoms with Crippen LogP contribution < -0.4 is 10.6 Å². The molecule has 2 atom stereocenters. The molecule has 5 heteroatoms. The summed E-state index contributed by atoms with van der Waals surface area (Å²) in [5.41, 5.74) is 0.336. The fourth-order valence-electron chi connectivity index (χ4n) is 3.69. The van der Waals surface area contributed by atoms with Crippen molar-refractivity contribution in [2.24, 2.45) is 11.3 Å². The lowest BCUT2D eigenvalue weighted by atomic mass is 9.85. The number of rotatable bonds is 6. The number of likely N-dealkylation sites (N-methyl/N-ethyl adjacent to an activating group) is 1. The summed E-state index contributed by atoms with van der Waals surface area (Å²) in [7, 11) is 1.57. The maximum absolute atomic E-state index is 11.8. The Morgan fingerprint density at radius 2 is 2.00 bits per heavy atom. The van der Waals surface area contributed by atoms with E-state index >= 15 is 0 Å². The van der Waals surface area contributed by atoms with Gasteiger partial charge in [-0.15, -0.1) is 0 Å². The van der Waals surface area contributed by atoms with E-state index in [-0.39, 0.29) is 17.9 Å². The van der Waals surface area contributed by atoms with E-state index in [9.17, 15) is 9.59 Å². The van der Waals surface area contributed by atoms with Crippen LogP contribution in [-0.2, 0) is 14.3 Å². The van der Waals surface area contributed by atoms with Gasteiger partial charge in [0.05, 0.1) is 12.7 Å². The summed E-state index contributed by atoms with van der Waals surface area (Å²) in [6, 6.07) is -0.618. The van der Waals surface area contributed by atoms with Gasteiger partial charge in [0.2, 0.25) is 11.8 Å². The molecule has 2 saturated carbocycles. The Kier molecular flexibility index (Phi) is 4.68. The first kappa shape index (κ1) is 15.3. The average Bonchev–Trinajstić information content (AvgIpc) is 3.02. The molecule has 0 spiro atoms. The monoisotopic (exact) mass is 282 g/mol. The zero-order valence-corrected chi connectivity index (χ0v) is 12.7. The van der Waals surface area contributed by atoms with Gasteiger partial charge in [-0.05, 0) is 50.4 Å². The minimum Gasteiger partial charge on any atom is -0.375 e. The topological polar surface area (TPSA) is 67.4 Å². The fourth-order valence-corrected chi connectivity index (χ4v) is 3.69. The van der Waals surface area contributed by atoms with Crippen LogP contribution >= 0.6 is 0 Å². The van der Waals surface area contributed by atoms with Gasteiger partial charge in [-0.25, -0.2) is 0 Å². The molecule has 2 rings (SSSR count). The van der Waals surface area contributed by atoms with E-state index < -0.39 is 6.04 Å². The molecule has 0 aliphatic heterocycles. The second-order valence-corrected chi connectivity index (χ2v) is 6.46. The summed E-state index contributed by atoms with van der Waals surface area (Å²) in [5, 5.41) is 5.25. The Morgan fingerprint density at radius 1 is 1.35 bits per heavy atom. The van der Waals surface area contributed by atoms with E-state index in [1.165, 1.54) is 39.0 Å². The Balaban J connectivity index is 1.89. The van der Waals surface area contributed by atoms with Crippen molar-refractivity contribution in [1.29, 1.82) is 0 Å². The summed E-state index contributed by atoms with van der Waals surface area (Å²) in [4.78, 5) is 23.1. The predicted molar refractivity (Wildman–Crippen MR) is 76.1 cm³/mol. The van der Waals surface area contributed by atoms with Crippen LogP contribution in [0.2, 0.25) is 0 Å². The smallest absolute Gasteiger partial charge is 0.245 e. The zero-order chi connectivity index (χ0) is 14.8. The quantitative estimate of drug-likeness (QED) is 0.770. The first-order valence-electron chi connectivity index (χ1n) is 7.56. The molecule has 2 fully saturated rings. The molecule has 0 aromatic heterocycles. The molecule has 5 nitrogen and oxygen atoms in total. The van der Waals surface area contributed by atoms with E-state index in [4.69, 9.17) is 4.74 Å². The molecule has 0 radical (unpaired) electrons. The summed E-state index contributed by atoms with van der Waals surface area (Å²) in [6.45, 7) is 3.98. The Labute approximate surface area is 120 Å². The van der Waals surface area contributed by atoms with Crippen molar-refractivity contribution in [3.63, 3.8) is 0 Å². The molecule has 0 aromatic rings. The third-order valence-corrected chi connectivity index (χ3v) is 4.90. The SMILES string of the molecule is CNC(=O)C(NC(C)=O)C(C)OCC12CCC(CC1)C2. The van der Waals surface area contributed by atoms with Gasteiger partial charge in [0.15, 0.2) is 0 Å². The maximum Gasteiger partial charge on any atom is 0.245 e. The van der Waals surface area contributed by atoms with Crippen LogP contribution in [0, 0.1) is 11.3 Å². The Bertz CT molecular complexity index is 375. The zero-order valence-electron chi connectivity index (χ0n) is 12.7. The van der Waals surface area contributed by atoms with Crippen LogP contribution in [-0.4, -0.2) is 37.6 Å². The Morgan fingerprint density at radius 3 is 2.45 bits per heavy atom. The molecule has 2 amide bonds. The van der Waals surface area contributed by atoms with Crippen molar-refractivity contribution in [3.8, 4) is 0 Å². The highest BCUT2D eigenvalue weighted by atomic mass is 16.5. The van der Waals surface area contributed by atoms with Crippen LogP contribution in [0.3, 0.4) is 0 Å². The average molecular weight is 282 g/mol. The van der Waals surface area contributed by atoms with Crippen molar-refractivity contribution >= 4 is 11.8 Å². The predicted octanol–water partition coefficient (Wildman–Crippen LogP) is 1.22. The van der Waals surface area contributed by atoms with Crippen molar-refractivity contribution in [2.45, 2.75) is 58.1 Å². The van der Waals surface area contributed by atoms with Gasteiger partial charge in [0, 0.05) is 14.0 Å². The number of amides is 2. The lowest BCUT2D eigenvalue weighted by Crippen LogP contribution is -2.52.